The van der Waals surface area contributed by atoms with Crippen LogP contribution in [-0.2, 0) is 4.79 Å². The summed E-state index contributed by atoms with van der Waals surface area (Å²) in [4.78, 5) is 12.0. The highest BCUT2D eigenvalue weighted by molar-refractivity contribution is 6.36. The van der Waals surface area contributed by atoms with Gasteiger partial charge >= 0.3 is 0 Å². The molecule has 1 amide bonds. The fourth-order valence-corrected chi connectivity index (χ4v) is 2.07. The Hall–Kier alpha value is -1.78. The molecule has 0 saturated heterocycles. The number of hydrogen-bond donors (Lipinski definition) is 1. The van der Waals surface area contributed by atoms with Gasteiger partial charge in [-0.2, -0.15) is 0 Å². The van der Waals surface area contributed by atoms with E-state index in [1.54, 1.807) is 24.3 Å². The average Bonchev–Trinajstić information content (AvgIpc) is 2.44. The number of benzene rings is 2. The molecule has 0 aliphatic carbocycles. The first-order valence-electron chi connectivity index (χ1n) is 6.14. The number of hydrogen-bond acceptors (Lipinski definition) is 2. The first-order chi connectivity index (χ1) is 9.97. The normalized spacial score (nSPS) is 11.8. The van der Waals surface area contributed by atoms with Crippen LogP contribution in [0.3, 0.4) is 0 Å². The third kappa shape index (κ3) is 4.09. The first-order valence-corrected chi connectivity index (χ1v) is 6.90. The van der Waals surface area contributed by atoms with E-state index in [9.17, 15) is 9.18 Å². The summed E-state index contributed by atoms with van der Waals surface area (Å²) in [7, 11) is 0. The van der Waals surface area contributed by atoms with Crippen LogP contribution in [0.1, 0.15) is 6.92 Å². The van der Waals surface area contributed by atoms with Gasteiger partial charge in [-0.1, -0.05) is 35.3 Å². The molecule has 2 rings (SSSR count). The van der Waals surface area contributed by atoms with Crippen molar-refractivity contribution in [2.45, 2.75) is 13.0 Å². The van der Waals surface area contributed by atoms with Crippen LogP contribution in [0.5, 0.6) is 5.75 Å². The molecule has 0 fully saturated rings. The Balaban J connectivity index is 2.04. The van der Waals surface area contributed by atoms with Crippen molar-refractivity contribution in [2.24, 2.45) is 0 Å². The minimum Gasteiger partial charge on any atom is -0.478 e. The molecular formula is C15H12Cl2FNO2. The number of halogens is 3. The van der Waals surface area contributed by atoms with Gasteiger partial charge in [0, 0.05) is 5.02 Å². The fourth-order valence-electron chi connectivity index (χ4n) is 1.61. The zero-order chi connectivity index (χ0) is 15.4. The molecule has 2 aromatic rings. The third-order valence-corrected chi connectivity index (χ3v) is 3.25. The van der Waals surface area contributed by atoms with Gasteiger partial charge in [0.2, 0.25) is 0 Å². The summed E-state index contributed by atoms with van der Waals surface area (Å²) < 4.78 is 18.7. The molecule has 0 heterocycles. The lowest BCUT2D eigenvalue weighted by Crippen LogP contribution is -2.30. The van der Waals surface area contributed by atoms with E-state index in [4.69, 9.17) is 27.9 Å². The second-order valence-electron chi connectivity index (χ2n) is 4.30. The van der Waals surface area contributed by atoms with Crippen LogP contribution >= 0.6 is 23.2 Å². The van der Waals surface area contributed by atoms with Gasteiger partial charge < -0.3 is 10.1 Å². The van der Waals surface area contributed by atoms with Crippen molar-refractivity contribution >= 4 is 34.8 Å². The van der Waals surface area contributed by atoms with Gasteiger partial charge in [0.1, 0.15) is 0 Å². The topological polar surface area (TPSA) is 38.3 Å². The highest BCUT2D eigenvalue weighted by atomic mass is 35.5. The van der Waals surface area contributed by atoms with Gasteiger partial charge in [0.25, 0.3) is 5.91 Å². The van der Waals surface area contributed by atoms with E-state index in [2.05, 4.69) is 5.32 Å². The number of para-hydroxylation sites is 1. The van der Waals surface area contributed by atoms with Gasteiger partial charge in [-0.3, -0.25) is 4.79 Å². The van der Waals surface area contributed by atoms with E-state index < -0.39 is 17.8 Å². The Morgan fingerprint density at radius 1 is 1.24 bits per heavy atom. The molecule has 1 atom stereocenters. The summed E-state index contributed by atoms with van der Waals surface area (Å²) in [5.74, 6) is -0.952. The second kappa shape index (κ2) is 6.78. The lowest BCUT2D eigenvalue weighted by atomic mass is 10.3. The lowest BCUT2D eigenvalue weighted by molar-refractivity contribution is -0.122. The number of nitrogens with one attached hydrogen (secondary N) is 1. The predicted octanol–water partition coefficient (Wildman–Crippen LogP) is 4.54. The van der Waals surface area contributed by atoms with Crippen molar-refractivity contribution in [1.82, 2.24) is 0 Å². The van der Waals surface area contributed by atoms with Crippen LogP contribution in [0.25, 0.3) is 0 Å². The Morgan fingerprint density at radius 3 is 2.62 bits per heavy atom. The van der Waals surface area contributed by atoms with Gasteiger partial charge in [-0.05, 0) is 37.3 Å². The van der Waals surface area contributed by atoms with Crippen molar-refractivity contribution in [3.05, 3.63) is 58.3 Å². The van der Waals surface area contributed by atoms with Crippen molar-refractivity contribution in [1.29, 1.82) is 0 Å². The molecule has 0 aromatic heterocycles. The van der Waals surface area contributed by atoms with Crippen LogP contribution in [0.4, 0.5) is 10.1 Å². The van der Waals surface area contributed by atoms with Crippen molar-refractivity contribution < 1.29 is 13.9 Å². The van der Waals surface area contributed by atoms with E-state index in [0.29, 0.717) is 15.7 Å². The number of rotatable bonds is 4. The molecule has 0 aliphatic heterocycles. The fraction of sp³-hybridized carbons (Fsp3) is 0.133. The lowest BCUT2D eigenvalue weighted by Gasteiger charge is -2.15. The molecular weight excluding hydrogens is 316 g/mol. The smallest absolute Gasteiger partial charge is 0.265 e. The van der Waals surface area contributed by atoms with Gasteiger partial charge in [-0.25, -0.2) is 4.39 Å². The monoisotopic (exact) mass is 327 g/mol. The maximum absolute atomic E-state index is 13.5. The Morgan fingerprint density at radius 2 is 1.95 bits per heavy atom. The summed E-state index contributed by atoms with van der Waals surface area (Å²) in [6, 6.07) is 10.6. The second-order valence-corrected chi connectivity index (χ2v) is 5.15. The van der Waals surface area contributed by atoms with Gasteiger partial charge in [0.05, 0.1) is 10.7 Å². The van der Waals surface area contributed by atoms with Crippen molar-refractivity contribution in [3.8, 4) is 5.75 Å². The molecule has 0 bridgehead atoms. The van der Waals surface area contributed by atoms with Crippen LogP contribution in [0.2, 0.25) is 10.0 Å². The molecule has 6 heteroatoms. The Labute approximate surface area is 131 Å². The standard InChI is InChI=1S/C15H12Cl2FNO2/c1-9(21-14-5-3-2-4-12(14)18)15(20)19-13-7-6-10(16)8-11(13)17/h2-9H,1H3,(H,19,20)/t9-/m0/s1. The molecule has 0 saturated carbocycles. The molecule has 1 N–H and O–H groups in total. The molecule has 0 unspecified atom stereocenters. The maximum Gasteiger partial charge on any atom is 0.265 e. The number of carbonyl (C=O) groups is 1. The maximum atomic E-state index is 13.5. The van der Waals surface area contributed by atoms with Gasteiger partial charge in [-0.15, -0.1) is 0 Å². The van der Waals surface area contributed by atoms with E-state index in [0.717, 1.165) is 0 Å². The SMILES string of the molecule is C[C@H](Oc1ccccc1F)C(=O)Nc1ccc(Cl)cc1Cl. The molecule has 0 spiro atoms. The van der Waals surface area contributed by atoms with Crippen LogP contribution in [0.15, 0.2) is 42.5 Å². The number of ether oxygens (including phenoxy) is 1. The Bertz CT molecular complexity index is 664. The summed E-state index contributed by atoms with van der Waals surface area (Å²) in [6.07, 6.45) is -0.881. The minimum absolute atomic E-state index is 0.0161. The van der Waals surface area contributed by atoms with Crippen LogP contribution in [-0.4, -0.2) is 12.0 Å². The van der Waals surface area contributed by atoms with Crippen LogP contribution < -0.4 is 10.1 Å². The number of anilines is 1. The number of carbonyl (C=O) groups excluding carboxylic acids is 1. The van der Waals surface area contributed by atoms with E-state index >= 15 is 0 Å². The molecule has 0 aliphatic rings. The zero-order valence-electron chi connectivity index (χ0n) is 11.1. The largest absolute Gasteiger partial charge is 0.478 e. The van der Waals surface area contributed by atoms with Crippen molar-refractivity contribution in [3.63, 3.8) is 0 Å². The average molecular weight is 328 g/mol. The quantitative estimate of drug-likeness (QED) is 0.895. The summed E-state index contributed by atoms with van der Waals surface area (Å²) in [5.41, 5.74) is 0.412. The van der Waals surface area contributed by atoms with Gasteiger partial charge in [0.15, 0.2) is 17.7 Å². The molecule has 21 heavy (non-hydrogen) atoms. The summed E-state index contributed by atoms with van der Waals surface area (Å²) in [6.45, 7) is 1.52. The first kappa shape index (κ1) is 15.6. The van der Waals surface area contributed by atoms with Crippen molar-refractivity contribution in [2.75, 3.05) is 5.32 Å². The predicted molar refractivity (Wildman–Crippen MR) is 81.6 cm³/mol. The molecule has 110 valence electrons. The molecule has 2 aromatic carbocycles. The van der Waals surface area contributed by atoms with Crippen LogP contribution in [0, 0.1) is 5.82 Å². The Kier molecular flexibility index (Phi) is 5.04. The van der Waals surface area contributed by atoms with E-state index in [-0.39, 0.29) is 5.75 Å². The summed E-state index contributed by atoms with van der Waals surface area (Å²) in [5, 5.41) is 3.38. The molecule has 3 nitrogen and oxygen atoms in total. The highest BCUT2D eigenvalue weighted by Crippen LogP contribution is 2.25. The third-order valence-electron chi connectivity index (χ3n) is 2.70. The van der Waals surface area contributed by atoms with E-state index in [1.165, 1.54) is 25.1 Å². The zero-order valence-corrected chi connectivity index (χ0v) is 12.6. The molecule has 0 radical (unpaired) electrons. The number of amides is 1. The minimum atomic E-state index is -0.881. The summed E-state index contributed by atoms with van der Waals surface area (Å²) >= 11 is 11.7. The highest BCUT2D eigenvalue weighted by Gasteiger charge is 2.17. The van der Waals surface area contributed by atoms with E-state index in [1.807, 2.05) is 0 Å².